The van der Waals surface area contributed by atoms with E-state index in [9.17, 15) is 4.79 Å². The van der Waals surface area contributed by atoms with Crippen LogP contribution in [0.5, 0.6) is 0 Å². The average Bonchev–Trinajstić information content (AvgIpc) is 2.96. The van der Waals surface area contributed by atoms with Crippen molar-refractivity contribution in [3.8, 4) is 22.5 Å². The maximum Gasteiger partial charge on any atom is 0.349 e. The van der Waals surface area contributed by atoms with Gasteiger partial charge < -0.3 is 10.2 Å². The molecule has 4 rings (SSSR count). The second kappa shape index (κ2) is 5.14. The minimum absolute atomic E-state index is 0.240. The van der Waals surface area contributed by atoms with Crippen molar-refractivity contribution in [1.82, 2.24) is 9.97 Å². The molecule has 0 saturated heterocycles. The molecule has 0 bridgehead atoms. The molecule has 0 saturated carbocycles. The number of fused-ring (bicyclic) bond motifs is 1. The SMILES string of the molecule is Nc1[nH]c(=O)nc2oc(-c3ccccc3)c(-c3ccccc3)c12. The monoisotopic (exact) mass is 303 g/mol. The van der Waals surface area contributed by atoms with E-state index in [2.05, 4.69) is 9.97 Å². The van der Waals surface area contributed by atoms with Gasteiger partial charge >= 0.3 is 5.69 Å². The third kappa shape index (κ3) is 2.19. The van der Waals surface area contributed by atoms with E-state index in [-0.39, 0.29) is 11.5 Å². The number of nitrogens with one attached hydrogen (secondary N) is 1. The molecular formula is C18H13N3O2. The molecule has 0 amide bonds. The fourth-order valence-corrected chi connectivity index (χ4v) is 2.72. The van der Waals surface area contributed by atoms with Crippen molar-refractivity contribution >= 4 is 16.9 Å². The number of aromatic nitrogens is 2. The molecule has 2 aromatic carbocycles. The van der Waals surface area contributed by atoms with Crippen LogP contribution < -0.4 is 11.4 Å². The standard InChI is InChI=1S/C18H13N3O2/c19-16-14-13(11-7-3-1-4-8-11)15(12-9-5-2-6-10-12)23-17(14)21-18(22)20-16/h1-10H,(H3,19,20,21,22). The Kier molecular flexibility index (Phi) is 2.98. The van der Waals surface area contributed by atoms with E-state index in [1.54, 1.807) is 0 Å². The first kappa shape index (κ1) is 13.3. The number of benzene rings is 2. The number of nitrogen functional groups attached to an aromatic ring is 1. The van der Waals surface area contributed by atoms with Crippen LogP contribution in [0.25, 0.3) is 33.6 Å². The summed E-state index contributed by atoms with van der Waals surface area (Å²) < 4.78 is 5.89. The van der Waals surface area contributed by atoms with Gasteiger partial charge in [0.1, 0.15) is 11.6 Å². The van der Waals surface area contributed by atoms with Gasteiger partial charge in [0.2, 0.25) is 5.71 Å². The Bertz CT molecular complexity index is 1030. The van der Waals surface area contributed by atoms with Gasteiger partial charge in [-0.3, -0.25) is 4.98 Å². The fourth-order valence-electron chi connectivity index (χ4n) is 2.72. The number of rotatable bonds is 2. The Morgan fingerprint density at radius 3 is 2.17 bits per heavy atom. The quantitative estimate of drug-likeness (QED) is 0.594. The molecule has 0 aliphatic heterocycles. The van der Waals surface area contributed by atoms with Crippen molar-refractivity contribution in [3.05, 3.63) is 71.1 Å². The Morgan fingerprint density at radius 2 is 1.52 bits per heavy atom. The van der Waals surface area contributed by atoms with Crippen LogP contribution in [0.3, 0.4) is 0 Å². The van der Waals surface area contributed by atoms with E-state index in [0.717, 1.165) is 16.7 Å². The average molecular weight is 303 g/mol. The highest BCUT2D eigenvalue weighted by molar-refractivity contribution is 6.05. The van der Waals surface area contributed by atoms with Crippen molar-refractivity contribution in [2.75, 3.05) is 5.73 Å². The summed E-state index contributed by atoms with van der Waals surface area (Å²) in [7, 11) is 0. The number of furan rings is 1. The van der Waals surface area contributed by atoms with Gasteiger partial charge in [0, 0.05) is 11.1 Å². The van der Waals surface area contributed by atoms with Gasteiger partial charge in [-0.25, -0.2) is 4.79 Å². The van der Waals surface area contributed by atoms with E-state index >= 15 is 0 Å². The minimum atomic E-state index is -0.525. The molecule has 0 aliphatic rings. The summed E-state index contributed by atoms with van der Waals surface area (Å²) in [4.78, 5) is 18.0. The molecule has 0 aliphatic carbocycles. The van der Waals surface area contributed by atoms with Crippen LogP contribution in [0, 0.1) is 0 Å². The number of anilines is 1. The normalized spacial score (nSPS) is 11.0. The minimum Gasteiger partial charge on any atom is -0.437 e. The van der Waals surface area contributed by atoms with Crippen LogP contribution in [-0.4, -0.2) is 9.97 Å². The molecular weight excluding hydrogens is 290 g/mol. The number of nitrogens with two attached hydrogens (primary N) is 1. The summed E-state index contributed by atoms with van der Waals surface area (Å²) in [5.74, 6) is 0.898. The van der Waals surface area contributed by atoms with Crippen LogP contribution in [-0.2, 0) is 0 Å². The molecule has 5 nitrogen and oxygen atoms in total. The van der Waals surface area contributed by atoms with Crippen molar-refractivity contribution in [3.63, 3.8) is 0 Å². The molecule has 0 unspecified atom stereocenters. The maximum absolute atomic E-state index is 11.6. The molecule has 0 fully saturated rings. The summed E-state index contributed by atoms with van der Waals surface area (Å²) in [6.45, 7) is 0. The first-order valence-corrected chi connectivity index (χ1v) is 7.17. The number of nitrogens with zero attached hydrogens (tertiary/aromatic N) is 1. The molecule has 112 valence electrons. The molecule has 0 atom stereocenters. The Hall–Kier alpha value is -3.34. The van der Waals surface area contributed by atoms with Crippen molar-refractivity contribution in [1.29, 1.82) is 0 Å². The zero-order chi connectivity index (χ0) is 15.8. The second-order valence-electron chi connectivity index (χ2n) is 5.17. The maximum atomic E-state index is 11.6. The summed E-state index contributed by atoms with van der Waals surface area (Å²) in [6.07, 6.45) is 0. The molecule has 0 radical (unpaired) electrons. The first-order chi connectivity index (χ1) is 11.2. The topological polar surface area (TPSA) is 84.9 Å². The predicted molar refractivity (Wildman–Crippen MR) is 89.9 cm³/mol. The number of hydrogen-bond acceptors (Lipinski definition) is 4. The van der Waals surface area contributed by atoms with Crippen LogP contribution in [0.15, 0.2) is 69.9 Å². The van der Waals surface area contributed by atoms with Crippen LogP contribution >= 0.6 is 0 Å². The second-order valence-corrected chi connectivity index (χ2v) is 5.17. The lowest BCUT2D eigenvalue weighted by molar-refractivity contribution is 0.616. The van der Waals surface area contributed by atoms with Crippen LogP contribution in [0.2, 0.25) is 0 Å². The number of H-pyrrole nitrogens is 1. The van der Waals surface area contributed by atoms with Crippen molar-refractivity contribution in [2.45, 2.75) is 0 Å². The third-order valence-corrected chi connectivity index (χ3v) is 3.70. The van der Waals surface area contributed by atoms with Gasteiger partial charge in [-0.1, -0.05) is 60.7 Å². The lowest BCUT2D eigenvalue weighted by atomic mass is 9.99. The Balaban J connectivity index is 2.14. The lowest BCUT2D eigenvalue weighted by Gasteiger charge is -2.04. The fraction of sp³-hybridized carbons (Fsp3) is 0. The number of hydrogen-bond donors (Lipinski definition) is 2. The van der Waals surface area contributed by atoms with E-state index in [1.807, 2.05) is 60.7 Å². The summed E-state index contributed by atoms with van der Waals surface area (Å²) in [6, 6.07) is 19.5. The molecule has 2 heterocycles. The predicted octanol–water partition coefficient (Wildman–Crippen LogP) is 3.43. The summed E-state index contributed by atoms with van der Waals surface area (Å²) in [5.41, 5.74) is 8.42. The molecule has 4 aromatic rings. The molecule has 23 heavy (non-hydrogen) atoms. The highest BCUT2D eigenvalue weighted by atomic mass is 16.3. The van der Waals surface area contributed by atoms with E-state index in [1.165, 1.54) is 0 Å². The van der Waals surface area contributed by atoms with Gasteiger partial charge in [-0.15, -0.1) is 0 Å². The Morgan fingerprint density at radius 1 is 0.913 bits per heavy atom. The molecule has 0 spiro atoms. The molecule has 5 heteroatoms. The van der Waals surface area contributed by atoms with Crippen molar-refractivity contribution in [2.24, 2.45) is 0 Å². The van der Waals surface area contributed by atoms with Gasteiger partial charge in [0.15, 0.2) is 0 Å². The van der Waals surface area contributed by atoms with Crippen molar-refractivity contribution < 1.29 is 4.42 Å². The third-order valence-electron chi connectivity index (χ3n) is 3.70. The van der Waals surface area contributed by atoms with Gasteiger partial charge in [-0.2, -0.15) is 4.98 Å². The van der Waals surface area contributed by atoms with Gasteiger partial charge in [0.05, 0.1) is 5.39 Å². The zero-order valence-electron chi connectivity index (χ0n) is 12.1. The van der Waals surface area contributed by atoms with E-state index < -0.39 is 5.69 Å². The number of aromatic amines is 1. The van der Waals surface area contributed by atoms with Crippen LogP contribution in [0.4, 0.5) is 5.82 Å². The largest absolute Gasteiger partial charge is 0.437 e. The van der Waals surface area contributed by atoms with E-state index in [4.69, 9.17) is 10.2 Å². The highest BCUT2D eigenvalue weighted by Gasteiger charge is 2.21. The smallest absolute Gasteiger partial charge is 0.349 e. The van der Waals surface area contributed by atoms with Gasteiger partial charge in [0.25, 0.3) is 0 Å². The Labute approximate surface area is 131 Å². The first-order valence-electron chi connectivity index (χ1n) is 7.17. The van der Waals surface area contributed by atoms with Crippen LogP contribution in [0.1, 0.15) is 0 Å². The van der Waals surface area contributed by atoms with E-state index in [0.29, 0.717) is 11.1 Å². The van der Waals surface area contributed by atoms with Gasteiger partial charge in [-0.05, 0) is 5.56 Å². The highest BCUT2D eigenvalue weighted by Crippen LogP contribution is 2.41. The summed E-state index contributed by atoms with van der Waals surface area (Å²) in [5, 5.41) is 0.620. The lowest BCUT2D eigenvalue weighted by Crippen LogP contribution is -2.11. The zero-order valence-corrected chi connectivity index (χ0v) is 12.1. The molecule has 3 N–H and O–H groups in total. The molecule has 2 aromatic heterocycles. The summed E-state index contributed by atoms with van der Waals surface area (Å²) >= 11 is 0.